The van der Waals surface area contributed by atoms with E-state index in [1.807, 2.05) is 86.1 Å². The van der Waals surface area contributed by atoms with Gasteiger partial charge in [0.05, 0.1) is 30.6 Å². The van der Waals surface area contributed by atoms with E-state index in [0.717, 1.165) is 40.8 Å². The summed E-state index contributed by atoms with van der Waals surface area (Å²) in [5.74, 6) is 1.37. The number of likely N-dealkylation sites (N-methyl/N-ethyl adjacent to an activating group) is 1. The summed E-state index contributed by atoms with van der Waals surface area (Å²) < 4.78 is 13.6. The molecule has 0 bridgehead atoms. The Bertz CT molecular complexity index is 2240. The van der Waals surface area contributed by atoms with E-state index in [4.69, 9.17) is 31.0 Å². The normalized spacial score (nSPS) is 18.9. The third-order valence-corrected chi connectivity index (χ3v) is 10.1. The second-order valence-corrected chi connectivity index (χ2v) is 15.2. The zero-order valence-corrected chi connectivity index (χ0v) is 30.0. The summed E-state index contributed by atoms with van der Waals surface area (Å²) in [6.07, 6.45) is 6.45. The van der Waals surface area contributed by atoms with Crippen molar-refractivity contribution in [1.29, 1.82) is 0 Å². The van der Waals surface area contributed by atoms with Gasteiger partial charge in [-0.05, 0) is 99.4 Å². The molecule has 3 aromatic heterocycles. The zero-order valence-electron chi connectivity index (χ0n) is 29.2. The van der Waals surface area contributed by atoms with Gasteiger partial charge in [0.25, 0.3) is 0 Å². The standard InChI is InChI=1S/C39H39ClN6O5/c1-39(2,3)51-38(49)45(20-26-19-44-18-24(22-9-10-22)14-33(36(44)41-26)46-21-35(47)43(4)37(46)48)27-11-12-28-31(15-27)42-32(17-34(28)50-5)30-16-29(30)23-7-6-8-25(40)13-23/h6-8,11-15,17-19,22,29-30H,9-10,16,20-21H2,1-5H3/t29-,30+/m1/s1. The number of benzene rings is 2. The van der Waals surface area contributed by atoms with Gasteiger partial charge in [-0.25, -0.2) is 14.6 Å². The first-order valence-corrected chi connectivity index (χ1v) is 17.6. The Morgan fingerprint density at radius 2 is 1.80 bits per heavy atom. The zero-order chi connectivity index (χ0) is 35.8. The van der Waals surface area contributed by atoms with E-state index in [1.54, 1.807) is 12.0 Å². The summed E-state index contributed by atoms with van der Waals surface area (Å²) in [4.78, 5) is 53.6. The first-order chi connectivity index (χ1) is 24.4. The number of aromatic nitrogens is 3. The number of imide groups is 1. The second-order valence-electron chi connectivity index (χ2n) is 14.7. The van der Waals surface area contributed by atoms with Gasteiger partial charge >= 0.3 is 12.1 Å². The lowest BCUT2D eigenvalue weighted by atomic mass is 10.1. The number of hydrogen-bond acceptors (Lipinski definition) is 7. The predicted molar refractivity (Wildman–Crippen MR) is 195 cm³/mol. The minimum absolute atomic E-state index is 0.0540. The molecule has 2 aliphatic carbocycles. The number of rotatable bonds is 8. The number of imidazole rings is 1. The summed E-state index contributed by atoms with van der Waals surface area (Å²) in [5, 5.41) is 1.54. The molecule has 0 N–H and O–H groups in total. The Balaban J connectivity index is 1.17. The summed E-state index contributed by atoms with van der Waals surface area (Å²) >= 11 is 6.29. The van der Waals surface area contributed by atoms with Gasteiger partial charge in [-0.1, -0.05) is 23.7 Å². The predicted octanol–water partition coefficient (Wildman–Crippen LogP) is 8.03. The Kier molecular flexibility index (Phi) is 7.94. The first-order valence-electron chi connectivity index (χ1n) is 17.2. The van der Waals surface area contributed by atoms with E-state index >= 15 is 0 Å². The van der Waals surface area contributed by atoms with Crippen molar-refractivity contribution < 1.29 is 23.9 Å². The number of anilines is 2. The summed E-state index contributed by atoms with van der Waals surface area (Å²) in [6, 6.07) is 17.2. The van der Waals surface area contributed by atoms with E-state index in [0.29, 0.717) is 50.8 Å². The molecule has 2 atom stereocenters. The average Bonchev–Trinajstić information content (AvgIpc) is 4.02. The van der Waals surface area contributed by atoms with E-state index in [9.17, 15) is 14.4 Å². The maximum absolute atomic E-state index is 13.9. The number of ether oxygens (including phenoxy) is 2. The summed E-state index contributed by atoms with van der Waals surface area (Å²) in [6.45, 7) is 5.52. The van der Waals surface area contributed by atoms with Gasteiger partial charge in [0.2, 0.25) is 5.91 Å². The van der Waals surface area contributed by atoms with Gasteiger partial charge in [-0.3, -0.25) is 24.5 Å². The third kappa shape index (κ3) is 6.35. The van der Waals surface area contributed by atoms with Crippen molar-refractivity contribution in [2.24, 2.45) is 0 Å². The fourth-order valence-electron chi connectivity index (χ4n) is 6.95. The van der Waals surface area contributed by atoms with Crippen LogP contribution >= 0.6 is 11.6 Å². The highest BCUT2D eigenvalue weighted by molar-refractivity contribution is 6.30. The fraction of sp³-hybridized carbons (Fsp3) is 0.359. The second kappa shape index (κ2) is 12.3. The van der Waals surface area contributed by atoms with Crippen molar-refractivity contribution in [2.45, 2.75) is 69.9 Å². The number of halogens is 1. The molecule has 1 saturated heterocycles. The number of amides is 4. The number of carbonyl (C=O) groups excluding carboxylic acids is 3. The Morgan fingerprint density at radius 1 is 1.00 bits per heavy atom. The number of hydrogen-bond donors (Lipinski definition) is 0. The molecule has 8 rings (SSSR count). The highest BCUT2D eigenvalue weighted by Gasteiger charge is 2.41. The van der Waals surface area contributed by atoms with Gasteiger partial charge in [-0.15, -0.1) is 0 Å². The van der Waals surface area contributed by atoms with Crippen LogP contribution in [0, 0.1) is 0 Å². The molecular formula is C39H39ClN6O5. The lowest BCUT2D eigenvalue weighted by Gasteiger charge is -2.27. The van der Waals surface area contributed by atoms with Crippen molar-refractivity contribution in [2.75, 3.05) is 30.5 Å². The van der Waals surface area contributed by atoms with Gasteiger partial charge in [0.15, 0.2) is 5.65 Å². The molecule has 0 spiro atoms. The van der Waals surface area contributed by atoms with E-state index < -0.39 is 17.7 Å². The average molecular weight is 707 g/mol. The molecule has 3 fully saturated rings. The monoisotopic (exact) mass is 706 g/mol. The highest BCUT2D eigenvalue weighted by atomic mass is 35.5. The molecule has 2 aromatic carbocycles. The highest BCUT2D eigenvalue weighted by Crippen LogP contribution is 2.55. The Morgan fingerprint density at radius 3 is 2.49 bits per heavy atom. The number of urea groups is 1. The minimum atomic E-state index is -0.748. The number of fused-ring (bicyclic) bond motifs is 2. The van der Waals surface area contributed by atoms with Crippen LogP contribution < -0.4 is 14.5 Å². The van der Waals surface area contributed by atoms with Crippen molar-refractivity contribution >= 4 is 57.6 Å². The summed E-state index contributed by atoms with van der Waals surface area (Å²) in [5.41, 5.74) is 5.41. The fourth-order valence-corrected chi connectivity index (χ4v) is 7.15. The molecule has 4 amide bonds. The van der Waals surface area contributed by atoms with E-state index in [2.05, 4.69) is 6.07 Å². The van der Waals surface area contributed by atoms with Crippen LogP contribution in [-0.2, 0) is 16.1 Å². The SMILES string of the molecule is COc1cc([C@H]2C[C@@H]2c2cccc(Cl)c2)nc2cc(N(Cc3cn4cc(C5CC5)cc(N5CC(=O)N(C)C5=O)c4n3)C(=O)OC(C)(C)C)ccc12. The van der Waals surface area contributed by atoms with Crippen LogP contribution in [0.2, 0.25) is 5.02 Å². The Hall–Kier alpha value is -5.16. The quantitative estimate of drug-likeness (QED) is 0.150. The minimum Gasteiger partial charge on any atom is -0.496 e. The van der Waals surface area contributed by atoms with Gasteiger partial charge < -0.3 is 13.9 Å². The van der Waals surface area contributed by atoms with Crippen LogP contribution in [0.25, 0.3) is 16.6 Å². The molecule has 5 aromatic rings. The smallest absolute Gasteiger partial charge is 0.415 e. The number of carbonyl (C=O) groups is 3. The third-order valence-electron chi connectivity index (χ3n) is 9.82. The topological polar surface area (TPSA) is 110 Å². The van der Waals surface area contributed by atoms with E-state index in [1.165, 1.54) is 17.5 Å². The van der Waals surface area contributed by atoms with Crippen LogP contribution in [0.5, 0.6) is 5.75 Å². The van der Waals surface area contributed by atoms with Crippen LogP contribution in [0.1, 0.15) is 80.3 Å². The van der Waals surface area contributed by atoms with Gasteiger partial charge in [0, 0.05) is 53.2 Å². The maximum atomic E-state index is 13.9. The molecule has 4 heterocycles. The molecule has 262 valence electrons. The van der Waals surface area contributed by atoms with Crippen LogP contribution in [-0.4, -0.2) is 63.6 Å². The number of methoxy groups -OCH3 is 1. The van der Waals surface area contributed by atoms with Crippen LogP contribution in [0.15, 0.2) is 67.0 Å². The van der Waals surface area contributed by atoms with Crippen molar-refractivity contribution in [3.05, 3.63) is 94.5 Å². The molecule has 0 unspecified atom stereocenters. The largest absolute Gasteiger partial charge is 0.496 e. The molecular weight excluding hydrogens is 668 g/mol. The first kappa shape index (κ1) is 33.0. The molecule has 0 radical (unpaired) electrons. The summed E-state index contributed by atoms with van der Waals surface area (Å²) in [7, 11) is 3.14. The molecule has 3 aliphatic rings. The van der Waals surface area contributed by atoms with Gasteiger partial charge in [-0.2, -0.15) is 0 Å². The molecule has 51 heavy (non-hydrogen) atoms. The molecule has 11 nitrogen and oxygen atoms in total. The number of pyridine rings is 2. The maximum Gasteiger partial charge on any atom is 0.415 e. The number of nitrogens with zero attached hydrogens (tertiary/aromatic N) is 6. The van der Waals surface area contributed by atoms with Crippen molar-refractivity contribution in [3.63, 3.8) is 0 Å². The lowest BCUT2D eigenvalue weighted by Crippen LogP contribution is -2.36. The molecule has 1 aliphatic heterocycles. The Labute approximate surface area is 300 Å². The lowest BCUT2D eigenvalue weighted by molar-refractivity contribution is -0.123. The van der Waals surface area contributed by atoms with E-state index in [-0.39, 0.29) is 24.9 Å². The van der Waals surface area contributed by atoms with Crippen LogP contribution in [0.3, 0.4) is 0 Å². The van der Waals surface area contributed by atoms with Crippen molar-refractivity contribution in [1.82, 2.24) is 19.3 Å². The molecule has 12 heteroatoms. The van der Waals surface area contributed by atoms with Crippen molar-refractivity contribution in [3.8, 4) is 5.75 Å². The van der Waals surface area contributed by atoms with Crippen LogP contribution in [0.4, 0.5) is 21.0 Å². The molecule has 2 saturated carbocycles. The van der Waals surface area contributed by atoms with Gasteiger partial charge in [0.1, 0.15) is 17.9 Å².